The Hall–Kier alpha value is -3.94. The van der Waals surface area contributed by atoms with Crippen LogP contribution in [-0.4, -0.2) is 47.9 Å². The number of nitrogen functional groups attached to an aromatic ring is 1. The summed E-state index contributed by atoms with van der Waals surface area (Å²) in [5.74, 6) is -0.0668. The van der Waals surface area contributed by atoms with Gasteiger partial charge in [-0.05, 0) is 24.3 Å². The van der Waals surface area contributed by atoms with Crippen molar-refractivity contribution in [3.63, 3.8) is 0 Å². The van der Waals surface area contributed by atoms with E-state index >= 15 is 0 Å². The number of nitrogens with two attached hydrogens (primary N) is 1. The predicted molar refractivity (Wildman–Crippen MR) is 117 cm³/mol. The van der Waals surface area contributed by atoms with E-state index < -0.39 is 5.91 Å². The number of benzene rings is 2. The van der Waals surface area contributed by atoms with Crippen molar-refractivity contribution in [2.24, 2.45) is 0 Å². The van der Waals surface area contributed by atoms with E-state index in [0.29, 0.717) is 28.3 Å². The second-order valence-corrected chi connectivity index (χ2v) is 6.42. The lowest BCUT2D eigenvalue weighted by Gasteiger charge is -2.12. The highest BCUT2D eigenvalue weighted by atomic mass is 16.5. The Labute approximate surface area is 172 Å². The van der Waals surface area contributed by atoms with Gasteiger partial charge in [0.2, 0.25) is 0 Å². The molecule has 1 aromatic heterocycles. The van der Waals surface area contributed by atoms with Crippen LogP contribution in [0, 0.1) is 0 Å². The summed E-state index contributed by atoms with van der Waals surface area (Å²) in [6.45, 7) is 0. The molecule has 2 amide bonds. The highest BCUT2D eigenvalue weighted by Crippen LogP contribution is 2.25. The van der Waals surface area contributed by atoms with Crippen LogP contribution < -0.4 is 15.8 Å². The van der Waals surface area contributed by atoms with E-state index in [1.54, 1.807) is 62.6 Å². The van der Waals surface area contributed by atoms with Crippen molar-refractivity contribution in [1.29, 1.82) is 0 Å². The van der Waals surface area contributed by atoms with Crippen LogP contribution in [0.15, 0.2) is 54.7 Å². The minimum atomic E-state index is -0.499. The van der Waals surface area contributed by atoms with Crippen molar-refractivity contribution in [2.45, 2.75) is 0 Å². The highest BCUT2D eigenvalue weighted by Gasteiger charge is 2.17. The van der Waals surface area contributed by atoms with E-state index in [1.807, 2.05) is 0 Å². The maximum Gasteiger partial charge on any atom is 0.278 e. The molecule has 0 aliphatic rings. The topological polar surface area (TPSA) is 110 Å². The normalized spacial score (nSPS) is 10.3. The molecule has 3 aromatic rings. The monoisotopic (exact) mass is 397 g/mol. The number of amides is 2. The van der Waals surface area contributed by atoms with E-state index in [9.17, 15) is 9.59 Å². The summed E-state index contributed by atoms with van der Waals surface area (Å²) in [5.41, 5.74) is 8.10. The van der Waals surface area contributed by atoms with Crippen LogP contribution in [0.4, 0.5) is 11.5 Å². The lowest BCUT2D eigenvalue weighted by Crippen LogP contribution is -2.21. The van der Waals surface area contributed by atoms with Gasteiger partial charge in [-0.25, -0.2) is 9.97 Å². The number of ether oxygens (including phenoxy) is 1. The Morgan fingerprint density at radius 3 is 2.45 bits per heavy atom. The summed E-state index contributed by atoms with van der Waals surface area (Å²) in [6, 6.07) is 13.9. The third kappa shape index (κ3) is 4.32. The molecule has 0 unspecified atom stereocenters. The summed E-state index contributed by atoms with van der Waals surface area (Å²) >= 11 is 0. The lowest BCUT2D eigenvalue weighted by molar-refractivity contribution is 0.0827. The third-order valence-electron chi connectivity index (χ3n) is 4.20. The number of para-hydroxylation sites is 2. The molecule has 29 heavy (non-hydrogen) atoms. The number of hydrogen-bond acceptors (Lipinski definition) is 6. The van der Waals surface area contributed by atoms with Crippen molar-refractivity contribution in [2.75, 3.05) is 32.3 Å². The Morgan fingerprint density at radius 1 is 1.10 bits per heavy atom. The second kappa shape index (κ2) is 8.39. The predicted octanol–water partition coefficient (Wildman–Crippen LogP) is 3.43. The molecule has 0 fully saturated rings. The van der Waals surface area contributed by atoms with Crippen molar-refractivity contribution >= 4 is 23.3 Å². The molecular formula is C21H27N5O3. The zero-order valence-corrected chi connectivity index (χ0v) is 16.3. The van der Waals surface area contributed by atoms with Crippen LogP contribution in [0.2, 0.25) is 0 Å². The molecule has 2 aromatic carbocycles. The average Bonchev–Trinajstić information content (AvgIpc) is 2.74. The average molecular weight is 397 g/mol. The molecule has 0 atom stereocenters. The van der Waals surface area contributed by atoms with E-state index in [2.05, 4.69) is 15.3 Å². The van der Waals surface area contributed by atoms with E-state index in [0.717, 1.165) is 0 Å². The van der Waals surface area contributed by atoms with E-state index in [1.165, 1.54) is 18.2 Å². The molecular weight excluding hydrogens is 370 g/mol. The quantitative estimate of drug-likeness (QED) is 0.682. The summed E-state index contributed by atoms with van der Waals surface area (Å²) < 4.78 is 5.24. The molecule has 8 nitrogen and oxygen atoms in total. The maximum absolute atomic E-state index is 12.7. The Balaban J connectivity index is 0.00000320. The van der Waals surface area contributed by atoms with Gasteiger partial charge in [0.05, 0.1) is 24.7 Å². The van der Waals surface area contributed by atoms with Gasteiger partial charge in [-0.2, -0.15) is 0 Å². The number of rotatable bonds is 5. The molecule has 0 aliphatic heterocycles. The molecule has 0 radical (unpaired) electrons. The van der Waals surface area contributed by atoms with Crippen molar-refractivity contribution in [1.82, 2.24) is 14.9 Å². The molecule has 0 saturated carbocycles. The molecule has 0 spiro atoms. The lowest BCUT2D eigenvalue weighted by atomic mass is 10.1. The van der Waals surface area contributed by atoms with Crippen molar-refractivity contribution < 1.29 is 18.6 Å². The second-order valence-electron chi connectivity index (χ2n) is 6.42. The Bertz CT molecular complexity index is 1060. The molecule has 1 heterocycles. The van der Waals surface area contributed by atoms with Crippen molar-refractivity contribution in [3.8, 4) is 17.0 Å². The fraction of sp³-hybridized carbons (Fsp3) is 0.143. The number of carbonyl (C=O) groups is 2. The van der Waals surface area contributed by atoms with Gasteiger partial charge >= 0.3 is 0 Å². The largest absolute Gasteiger partial charge is 0.495 e. The number of nitrogens with zero attached hydrogens (tertiary/aromatic N) is 3. The minimum absolute atomic E-state index is 0. The SMILES string of the molecule is COc1ccccc1NC(=O)c1nc(-c2ccc(C(=O)N(C)C)cc2)cnc1N.[HH].[HH].[HH]. The molecule has 0 bridgehead atoms. The fourth-order valence-corrected chi connectivity index (χ4v) is 2.68. The smallest absolute Gasteiger partial charge is 0.278 e. The van der Waals surface area contributed by atoms with Gasteiger partial charge in [-0.15, -0.1) is 0 Å². The zero-order chi connectivity index (χ0) is 21.0. The van der Waals surface area contributed by atoms with Gasteiger partial charge in [-0.1, -0.05) is 24.3 Å². The third-order valence-corrected chi connectivity index (χ3v) is 4.20. The van der Waals surface area contributed by atoms with Gasteiger partial charge in [0, 0.05) is 29.5 Å². The minimum Gasteiger partial charge on any atom is -0.495 e. The number of methoxy groups -OCH3 is 1. The molecule has 154 valence electrons. The van der Waals surface area contributed by atoms with Crippen LogP contribution in [0.25, 0.3) is 11.3 Å². The van der Waals surface area contributed by atoms with E-state index in [-0.39, 0.29) is 21.7 Å². The molecule has 3 rings (SSSR count). The van der Waals surface area contributed by atoms with Crippen LogP contribution in [0.1, 0.15) is 25.1 Å². The number of carbonyl (C=O) groups excluding carboxylic acids is 2. The highest BCUT2D eigenvalue weighted by molar-refractivity contribution is 6.06. The molecule has 0 aliphatic carbocycles. The Morgan fingerprint density at radius 2 is 1.79 bits per heavy atom. The summed E-state index contributed by atoms with van der Waals surface area (Å²) in [4.78, 5) is 34.7. The van der Waals surface area contributed by atoms with Crippen LogP contribution >= 0.6 is 0 Å². The first-order valence-corrected chi connectivity index (χ1v) is 8.79. The van der Waals surface area contributed by atoms with Gasteiger partial charge in [0.15, 0.2) is 11.5 Å². The number of aromatic nitrogens is 2. The summed E-state index contributed by atoms with van der Waals surface area (Å²) in [6.07, 6.45) is 1.48. The maximum atomic E-state index is 12.7. The molecule has 3 N–H and O–H groups in total. The van der Waals surface area contributed by atoms with Gasteiger partial charge in [0.25, 0.3) is 11.8 Å². The summed E-state index contributed by atoms with van der Waals surface area (Å²) in [5, 5.41) is 2.74. The van der Waals surface area contributed by atoms with Gasteiger partial charge in [0.1, 0.15) is 5.75 Å². The first-order chi connectivity index (χ1) is 13.9. The summed E-state index contributed by atoms with van der Waals surface area (Å²) in [7, 11) is 4.90. The van der Waals surface area contributed by atoms with Crippen LogP contribution in [-0.2, 0) is 0 Å². The first kappa shape index (κ1) is 19.8. The van der Waals surface area contributed by atoms with Crippen molar-refractivity contribution in [3.05, 3.63) is 66.0 Å². The molecule has 8 heteroatoms. The zero-order valence-electron chi connectivity index (χ0n) is 16.3. The molecule has 0 saturated heterocycles. The van der Waals surface area contributed by atoms with Crippen LogP contribution in [0.3, 0.4) is 0 Å². The van der Waals surface area contributed by atoms with Gasteiger partial charge in [-0.3, -0.25) is 9.59 Å². The van der Waals surface area contributed by atoms with Crippen LogP contribution in [0.5, 0.6) is 5.75 Å². The van der Waals surface area contributed by atoms with Gasteiger partial charge < -0.3 is 20.7 Å². The standard InChI is InChI=1S/C21H21N5O3.3H2/c1-26(2)21(28)14-10-8-13(9-11-14)16-12-23-19(22)18(24-16)20(27)25-15-6-4-5-7-17(15)29-3;;;/h4-12H,1-3H3,(H2,22,23)(H,25,27);3*1H. The Kier molecular flexibility index (Phi) is 5.73. The fourth-order valence-electron chi connectivity index (χ4n) is 2.68. The number of anilines is 2. The van der Waals surface area contributed by atoms with E-state index in [4.69, 9.17) is 10.5 Å². The number of hydrogen-bond donors (Lipinski definition) is 2. The number of nitrogens with one attached hydrogen (secondary N) is 1. The first-order valence-electron chi connectivity index (χ1n) is 8.79.